The minimum atomic E-state index is -2.17. The number of carbonyl (C=O) groups excluding carboxylic acids is 2. The molecule has 6 heteroatoms. The third kappa shape index (κ3) is 3.06. The topological polar surface area (TPSA) is 34.1 Å². The van der Waals surface area contributed by atoms with Gasteiger partial charge in [-0.2, -0.15) is 0 Å². The molecule has 0 heterocycles. The van der Waals surface area contributed by atoms with Crippen molar-refractivity contribution >= 4 is 58.0 Å². The van der Waals surface area contributed by atoms with Crippen LogP contribution in [0.25, 0.3) is 0 Å². The summed E-state index contributed by atoms with van der Waals surface area (Å²) in [6.07, 6.45) is 0. The summed E-state index contributed by atoms with van der Waals surface area (Å²) in [7, 11) is 0. The SMILES string of the molecule is O=C(CCl)C(=O)C(Cl)(Cl)Cl. The minimum Gasteiger partial charge on any atom is -0.289 e. The lowest BCUT2D eigenvalue weighted by Crippen LogP contribution is -2.28. The van der Waals surface area contributed by atoms with Gasteiger partial charge in [0.1, 0.15) is 0 Å². The standard InChI is InChI=1S/C4H2Cl4O2/c5-1-2(9)3(10)4(6,7)8/h1H2. The number of halogens is 4. The summed E-state index contributed by atoms with van der Waals surface area (Å²) in [5, 5.41) is 0. The molecule has 0 aromatic heterocycles. The first-order valence-corrected chi connectivity index (χ1v) is 3.76. The Bertz CT molecular complexity index is 159. The molecule has 0 aromatic rings. The lowest BCUT2D eigenvalue weighted by Gasteiger charge is -2.05. The first-order valence-electron chi connectivity index (χ1n) is 2.10. The van der Waals surface area contributed by atoms with E-state index in [1.165, 1.54) is 0 Å². The number of rotatable bonds is 2. The van der Waals surface area contributed by atoms with Crippen LogP contribution in [0.1, 0.15) is 0 Å². The second-order valence-corrected chi connectivity index (χ2v) is 3.93. The Morgan fingerprint density at radius 3 is 1.70 bits per heavy atom. The molecule has 0 saturated carbocycles. The van der Waals surface area contributed by atoms with Gasteiger partial charge in [0.25, 0.3) is 9.58 Å². The second-order valence-electron chi connectivity index (χ2n) is 1.38. The molecule has 0 N–H and O–H groups in total. The van der Waals surface area contributed by atoms with E-state index in [0.29, 0.717) is 0 Å². The first kappa shape index (κ1) is 10.5. The van der Waals surface area contributed by atoms with Crippen molar-refractivity contribution in [3.05, 3.63) is 0 Å². The molecule has 0 saturated heterocycles. The van der Waals surface area contributed by atoms with E-state index in [-0.39, 0.29) is 0 Å². The third-order valence-electron chi connectivity index (χ3n) is 0.632. The molecule has 0 aliphatic carbocycles. The maximum Gasteiger partial charge on any atom is 0.256 e. The van der Waals surface area contributed by atoms with Crippen LogP contribution in [0.15, 0.2) is 0 Å². The van der Waals surface area contributed by atoms with Gasteiger partial charge in [0.2, 0.25) is 5.78 Å². The van der Waals surface area contributed by atoms with Crippen LogP contribution in [0.3, 0.4) is 0 Å². The summed E-state index contributed by atoms with van der Waals surface area (Å²) in [6.45, 7) is 0. The molecule has 10 heavy (non-hydrogen) atoms. The number of carbonyl (C=O) groups is 2. The Hall–Kier alpha value is 0.500. The van der Waals surface area contributed by atoms with Gasteiger partial charge < -0.3 is 0 Å². The molecular formula is C4H2Cl4O2. The molecule has 0 unspecified atom stereocenters. The summed E-state index contributed by atoms with van der Waals surface area (Å²) in [4.78, 5) is 21.0. The highest BCUT2D eigenvalue weighted by molar-refractivity contribution is 6.82. The van der Waals surface area contributed by atoms with Gasteiger partial charge in [0.15, 0.2) is 0 Å². The van der Waals surface area contributed by atoms with E-state index in [1.807, 2.05) is 0 Å². The Balaban J connectivity index is 4.24. The average Bonchev–Trinajstić information content (AvgIpc) is 1.83. The zero-order valence-electron chi connectivity index (χ0n) is 4.54. The van der Waals surface area contributed by atoms with E-state index >= 15 is 0 Å². The van der Waals surface area contributed by atoms with E-state index < -0.39 is 21.2 Å². The highest BCUT2D eigenvalue weighted by Gasteiger charge is 2.35. The van der Waals surface area contributed by atoms with E-state index in [9.17, 15) is 9.59 Å². The summed E-state index contributed by atoms with van der Waals surface area (Å²) in [6, 6.07) is 0. The first-order chi connectivity index (χ1) is 4.39. The predicted molar refractivity (Wildman–Crippen MR) is 41.0 cm³/mol. The molecule has 0 aliphatic heterocycles. The van der Waals surface area contributed by atoms with Crippen LogP contribution in [0.2, 0.25) is 0 Å². The molecule has 0 aliphatic rings. The van der Waals surface area contributed by atoms with Crippen molar-refractivity contribution in [1.29, 1.82) is 0 Å². The summed E-state index contributed by atoms with van der Waals surface area (Å²) in [5.74, 6) is -2.47. The molecule has 0 atom stereocenters. The fourth-order valence-corrected chi connectivity index (χ4v) is 0.656. The van der Waals surface area contributed by atoms with Gasteiger partial charge in [-0.25, -0.2) is 0 Å². The smallest absolute Gasteiger partial charge is 0.256 e. The Labute approximate surface area is 77.4 Å². The van der Waals surface area contributed by atoms with Crippen molar-refractivity contribution in [3.8, 4) is 0 Å². The molecule has 0 bridgehead atoms. The Morgan fingerprint density at radius 1 is 1.20 bits per heavy atom. The van der Waals surface area contributed by atoms with Crippen molar-refractivity contribution in [2.75, 3.05) is 5.88 Å². The van der Waals surface area contributed by atoms with Crippen LogP contribution < -0.4 is 0 Å². The van der Waals surface area contributed by atoms with Crippen LogP contribution >= 0.6 is 46.4 Å². The quantitative estimate of drug-likeness (QED) is 0.528. The lowest BCUT2D eigenvalue weighted by molar-refractivity contribution is -0.134. The fraction of sp³-hybridized carbons (Fsp3) is 0.500. The van der Waals surface area contributed by atoms with Crippen LogP contribution in [0.5, 0.6) is 0 Å². The van der Waals surface area contributed by atoms with Crippen LogP contribution in [-0.2, 0) is 9.59 Å². The molecule has 0 fully saturated rings. The predicted octanol–water partition coefficient (Wildman–Crippen LogP) is 1.73. The van der Waals surface area contributed by atoms with Gasteiger partial charge in [-0.05, 0) is 0 Å². The van der Waals surface area contributed by atoms with Crippen LogP contribution in [-0.4, -0.2) is 21.2 Å². The van der Waals surface area contributed by atoms with Gasteiger partial charge in [-0.3, -0.25) is 9.59 Å². The van der Waals surface area contributed by atoms with E-state index in [4.69, 9.17) is 46.4 Å². The highest BCUT2D eigenvalue weighted by Crippen LogP contribution is 2.27. The molecule has 0 rings (SSSR count). The van der Waals surface area contributed by atoms with Gasteiger partial charge in [0.05, 0.1) is 5.88 Å². The van der Waals surface area contributed by atoms with Crippen molar-refractivity contribution in [1.82, 2.24) is 0 Å². The molecule has 58 valence electrons. The average molecular weight is 224 g/mol. The second kappa shape index (κ2) is 3.77. The largest absolute Gasteiger partial charge is 0.289 e. The van der Waals surface area contributed by atoms with Crippen molar-refractivity contribution in [3.63, 3.8) is 0 Å². The zero-order valence-corrected chi connectivity index (χ0v) is 7.56. The molecule has 2 nitrogen and oxygen atoms in total. The van der Waals surface area contributed by atoms with Gasteiger partial charge in [0, 0.05) is 0 Å². The van der Waals surface area contributed by atoms with Gasteiger partial charge in [-0.15, -0.1) is 11.6 Å². The molecule has 0 radical (unpaired) electrons. The van der Waals surface area contributed by atoms with Crippen molar-refractivity contribution in [2.24, 2.45) is 0 Å². The van der Waals surface area contributed by atoms with Crippen molar-refractivity contribution in [2.45, 2.75) is 3.79 Å². The normalized spacial score (nSPS) is 11.2. The zero-order chi connectivity index (χ0) is 8.36. The Kier molecular flexibility index (Phi) is 3.95. The molecule has 0 aromatic carbocycles. The molecular weight excluding hydrogens is 222 g/mol. The fourth-order valence-electron chi connectivity index (χ4n) is 0.219. The number of ketones is 2. The van der Waals surface area contributed by atoms with E-state index in [0.717, 1.165) is 0 Å². The summed E-state index contributed by atoms with van der Waals surface area (Å²) >= 11 is 20.2. The lowest BCUT2D eigenvalue weighted by atomic mass is 10.3. The van der Waals surface area contributed by atoms with E-state index in [1.54, 1.807) is 0 Å². The number of Topliss-reactive ketones (excluding diaryl/α,β-unsaturated/α-hetero) is 2. The third-order valence-corrected chi connectivity index (χ3v) is 1.39. The summed E-state index contributed by atoms with van der Waals surface area (Å²) in [5.41, 5.74) is 0. The van der Waals surface area contributed by atoms with E-state index in [2.05, 4.69) is 0 Å². The highest BCUT2D eigenvalue weighted by atomic mass is 35.6. The van der Waals surface area contributed by atoms with Crippen molar-refractivity contribution < 1.29 is 9.59 Å². The van der Waals surface area contributed by atoms with Gasteiger partial charge >= 0.3 is 0 Å². The summed E-state index contributed by atoms with van der Waals surface area (Å²) < 4.78 is -2.17. The van der Waals surface area contributed by atoms with Gasteiger partial charge in [-0.1, -0.05) is 34.8 Å². The maximum absolute atomic E-state index is 10.6. The molecule has 0 spiro atoms. The Morgan fingerprint density at radius 2 is 1.60 bits per heavy atom. The maximum atomic E-state index is 10.6. The van der Waals surface area contributed by atoms with Crippen LogP contribution in [0, 0.1) is 0 Å². The molecule has 0 amide bonds. The number of hydrogen-bond acceptors (Lipinski definition) is 2. The monoisotopic (exact) mass is 222 g/mol. The van der Waals surface area contributed by atoms with Crippen LogP contribution in [0.4, 0.5) is 0 Å². The number of hydrogen-bond donors (Lipinski definition) is 0. The number of alkyl halides is 4. The minimum absolute atomic E-state index is 0.466.